The molecule has 0 atom stereocenters. The Bertz CT molecular complexity index is 749. The van der Waals surface area contributed by atoms with Crippen molar-refractivity contribution in [3.05, 3.63) is 63.5 Å². The van der Waals surface area contributed by atoms with Crippen LogP contribution in [0.5, 0.6) is 0 Å². The molecule has 0 aliphatic heterocycles. The zero-order valence-electron chi connectivity index (χ0n) is 10.3. The van der Waals surface area contributed by atoms with E-state index < -0.39 is 0 Å². The summed E-state index contributed by atoms with van der Waals surface area (Å²) in [6.45, 7) is 2.03. The van der Waals surface area contributed by atoms with Crippen LogP contribution in [0.2, 0.25) is 10.0 Å². The van der Waals surface area contributed by atoms with E-state index in [1.54, 1.807) is 6.07 Å². The van der Waals surface area contributed by atoms with Gasteiger partial charge in [-0.25, -0.2) is 4.98 Å². The number of hydrogen-bond acceptors (Lipinski definition) is 2. The van der Waals surface area contributed by atoms with Gasteiger partial charge in [-0.2, -0.15) is 0 Å². The summed E-state index contributed by atoms with van der Waals surface area (Å²) in [5.41, 5.74) is 3.78. The number of oxazole rings is 1. The summed E-state index contributed by atoms with van der Waals surface area (Å²) < 4.78 is 5.74. The van der Waals surface area contributed by atoms with Crippen LogP contribution in [0.4, 0.5) is 0 Å². The molecule has 19 heavy (non-hydrogen) atoms. The molecule has 0 radical (unpaired) electrons. The van der Waals surface area contributed by atoms with E-state index in [1.807, 2.05) is 37.3 Å². The zero-order chi connectivity index (χ0) is 13.4. The Morgan fingerprint density at radius 3 is 2.74 bits per heavy atom. The van der Waals surface area contributed by atoms with Crippen molar-refractivity contribution in [1.29, 1.82) is 0 Å². The third-order valence-corrected chi connectivity index (χ3v) is 3.53. The van der Waals surface area contributed by atoms with Crippen molar-refractivity contribution in [2.24, 2.45) is 0 Å². The van der Waals surface area contributed by atoms with E-state index in [0.29, 0.717) is 22.4 Å². The highest BCUT2D eigenvalue weighted by Gasteiger charge is 2.09. The molecule has 96 valence electrons. The van der Waals surface area contributed by atoms with Crippen molar-refractivity contribution in [2.45, 2.75) is 13.3 Å². The highest BCUT2D eigenvalue weighted by molar-refractivity contribution is 6.35. The molecule has 0 N–H and O–H groups in total. The maximum atomic E-state index is 6.15. The summed E-state index contributed by atoms with van der Waals surface area (Å²) in [4.78, 5) is 4.45. The Balaban J connectivity index is 1.96. The van der Waals surface area contributed by atoms with Gasteiger partial charge >= 0.3 is 0 Å². The highest BCUT2D eigenvalue weighted by atomic mass is 35.5. The molecule has 0 saturated heterocycles. The van der Waals surface area contributed by atoms with Gasteiger partial charge in [0.1, 0.15) is 5.52 Å². The first-order chi connectivity index (χ1) is 9.11. The van der Waals surface area contributed by atoms with E-state index in [4.69, 9.17) is 27.6 Å². The van der Waals surface area contributed by atoms with Crippen LogP contribution in [0.3, 0.4) is 0 Å². The number of hydrogen-bond donors (Lipinski definition) is 0. The number of fused-ring (bicyclic) bond motifs is 1. The third kappa shape index (κ3) is 2.60. The number of nitrogens with zero attached hydrogens (tertiary/aromatic N) is 1. The minimum atomic E-state index is 0.559. The third-order valence-electron chi connectivity index (χ3n) is 2.95. The van der Waals surface area contributed by atoms with Crippen molar-refractivity contribution in [3.63, 3.8) is 0 Å². The van der Waals surface area contributed by atoms with E-state index in [9.17, 15) is 0 Å². The van der Waals surface area contributed by atoms with Gasteiger partial charge in [0, 0.05) is 10.0 Å². The topological polar surface area (TPSA) is 26.0 Å². The number of rotatable bonds is 2. The lowest BCUT2D eigenvalue weighted by Crippen LogP contribution is -1.89. The molecule has 1 heterocycles. The molecular weight excluding hydrogens is 281 g/mol. The molecule has 0 fully saturated rings. The first-order valence-electron chi connectivity index (χ1n) is 5.92. The molecule has 0 aliphatic carbocycles. The minimum absolute atomic E-state index is 0.559. The molecule has 0 unspecified atom stereocenters. The Labute approximate surface area is 121 Å². The van der Waals surface area contributed by atoms with E-state index in [0.717, 1.165) is 22.2 Å². The van der Waals surface area contributed by atoms with Crippen LogP contribution in [0.25, 0.3) is 11.1 Å². The average Bonchev–Trinajstić information content (AvgIpc) is 2.74. The molecule has 1 aromatic heterocycles. The van der Waals surface area contributed by atoms with Crippen LogP contribution in [-0.4, -0.2) is 4.98 Å². The molecule has 3 aromatic rings. The molecule has 4 heteroatoms. The molecular formula is C15H11Cl2NO. The SMILES string of the molecule is Cc1ccc2nc(Cc3ccc(Cl)cc3Cl)oc2c1. The first kappa shape index (κ1) is 12.5. The number of aromatic nitrogens is 1. The van der Waals surface area contributed by atoms with Gasteiger partial charge in [0.2, 0.25) is 0 Å². The van der Waals surface area contributed by atoms with Crippen molar-refractivity contribution < 1.29 is 4.42 Å². The average molecular weight is 292 g/mol. The minimum Gasteiger partial charge on any atom is -0.440 e. The van der Waals surface area contributed by atoms with Crippen LogP contribution in [0, 0.1) is 6.92 Å². The second kappa shape index (κ2) is 4.87. The normalized spacial score (nSPS) is 11.1. The maximum absolute atomic E-state index is 6.15. The van der Waals surface area contributed by atoms with Gasteiger partial charge in [0.15, 0.2) is 11.5 Å². The van der Waals surface area contributed by atoms with Crippen LogP contribution < -0.4 is 0 Å². The lowest BCUT2D eigenvalue weighted by Gasteiger charge is -2.01. The van der Waals surface area contributed by atoms with E-state index in [-0.39, 0.29) is 0 Å². The molecule has 3 rings (SSSR count). The monoisotopic (exact) mass is 291 g/mol. The largest absolute Gasteiger partial charge is 0.440 e. The molecule has 0 aliphatic rings. The van der Waals surface area contributed by atoms with Gasteiger partial charge in [-0.1, -0.05) is 35.3 Å². The van der Waals surface area contributed by atoms with Gasteiger partial charge < -0.3 is 4.42 Å². The second-order valence-electron chi connectivity index (χ2n) is 4.49. The van der Waals surface area contributed by atoms with Crippen molar-refractivity contribution in [2.75, 3.05) is 0 Å². The Morgan fingerprint density at radius 2 is 1.95 bits per heavy atom. The Morgan fingerprint density at radius 1 is 1.11 bits per heavy atom. The summed E-state index contributed by atoms with van der Waals surface area (Å²) in [5.74, 6) is 0.657. The van der Waals surface area contributed by atoms with Gasteiger partial charge in [-0.15, -0.1) is 0 Å². The molecule has 2 nitrogen and oxygen atoms in total. The van der Waals surface area contributed by atoms with Gasteiger partial charge in [-0.05, 0) is 42.3 Å². The smallest absolute Gasteiger partial charge is 0.199 e. The predicted molar refractivity (Wildman–Crippen MR) is 78.0 cm³/mol. The fourth-order valence-electron chi connectivity index (χ4n) is 1.98. The van der Waals surface area contributed by atoms with Crippen molar-refractivity contribution in [1.82, 2.24) is 4.98 Å². The summed E-state index contributed by atoms with van der Waals surface area (Å²) in [7, 11) is 0. The summed E-state index contributed by atoms with van der Waals surface area (Å²) >= 11 is 12.0. The predicted octanol–water partition coefficient (Wildman–Crippen LogP) is 5.03. The lowest BCUT2D eigenvalue weighted by atomic mass is 10.1. The maximum Gasteiger partial charge on any atom is 0.199 e. The van der Waals surface area contributed by atoms with Gasteiger partial charge in [0.25, 0.3) is 0 Å². The summed E-state index contributed by atoms with van der Waals surface area (Å²) in [6, 6.07) is 11.4. The van der Waals surface area contributed by atoms with Gasteiger partial charge in [0.05, 0.1) is 6.42 Å². The zero-order valence-corrected chi connectivity index (χ0v) is 11.8. The number of aryl methyl sites for hydroxylation is 1. The van der Waals surface area contributed by atoms with Crippen LogP contribution >= 0.6 is 23.2 Å². The van der Waals surface area contributed by atoms with Crippen LogP contribution in [0.15, 0.2) is 40.8 Å². The van der Waals surface area contributed by atoms with E-state index >= 15 is 0 Å². The van der Waals surface area contributed by atoms with Crippen LogP contribution in [-0.2, 0) is 6.42 Å². The molecule has 0 bridgehead atoms. The van der Waals surface area contributed by atoms with Crippen molar-refractivity contribution in [3.8, 4) is 0 Å². The lowest BCUT2D eigenvalue weighted by molar-refractivity contribution is 0.544. The summed E-state index contributed by atoms with van der Waals surface area (Å²) in [5, 5.41) is 1.26. The molecule has 2 aromatic carbocycles. The van der Waals surface area contributed by atoms with Gasteiger partial charge in [-0.3, -0.25) is 0 Å². The Hall–Kier alpha value is -1.51. The molecule has 0 spiro atoms. The Kier molecular flexibility index (Phi) is 3.21. The van der Waals surface area contributed by atoms with Crippen molar-refractivity contribution >= 4 is 34.3 Å². The standard InChI is InChI=1S/C15H11Cl2NO/c1-9-2-5-13-14(6-9)19-15(18-13)7-10-3-4-11(16)8-12(10)17/h2-6,8H,7H2,1H3. The molecule has 0 amide bonds. The van der Waals surface area contributed by atoms with E-state index in [1.165, 1.54) is 0 Å². The highest BCUT2D eigenvalue weighted by Crippen LogP contribution is 2.25. The number of halogens is 2. The number of benzene rings is 2. The second-order valence-corrected chi connectivity index (χ2v) is 5.33. The fraction of sp³-hybridized carbons (Fsp3) is 0.133. The molecule has 0 saturated carbocycles. The quantitative estimate of drug-likeness (QED) is 0.661. The van der Waals surface area contributed by atoms with Crippen LogP contribution in [0.1, 0.15) is 17.0 Å². The summed E-state index contributed by atoms with van der Waals surface area (Å²) in [6.07, 6.45) is 0.559. The van der Waals surface area contributed by atoms with E-state index in [2.05, 4.69) is 4.98 Å². The fourth-order valence-corrected chi connectivity index (χ4v) is 2.46. The first-order valence-corrected chi connectivity index (χ1v) is 6.67.